The molecule has 7 rings (SSSR count). The smallest absolute Gasteiger partial charge is 0.155 e. The third-order valence-corrected chi connectivity index (χ3v) is 8.63. The molecule has 8 nitrogen and oxygen atoms in total. The van der Waals surface area contributed by atoms with Gasteiger partial charge in [0, 0.05) is 49.0 Å². The van der Waals surface area contributed by atoms with E-state index in [0.29, 0.717) is 10.5 Å². The molecule has 1 aliphatic carbocycles. The molecule has 2 N–H and O–H groups in total. The average Bonchev–Trinajstić information content (AvgIpc) is 3.49. The van der Waals surface area contributed by atoms with E-state index in [9.17, 15) is 0 Å². The number of rotatable bonds is 2. The van der Waals surface area contributed by atoms with Crippen LogP contribution in [0.25, 0.3) is 27.8 Å². The molecule has 5 aromatic rings. The number of nitrogens with zero attached hydrogens (tertiary/aromatic N) is 7. The van der Waals surface area contributed by atoms with E-state index in [2.05, 4.69) is 33.0 Å². The van der Waals surface area contributed by atoms with Gasteiger partial charge < -0.3 is 10.6 Å². The highest BCUT2D eigenvalue weighted by atomic mass is 35.5. The molecule has 0 unspecified atom stereocenters. The van der Waals surface area contributed by atoms with E-state index in [1.807, 2.05) is 42.0 Å². The van der Waals surface area contributed by atoms with E-state index < -0.39 is 0 Å². The highest BCUT2D eigenvalue weighted by Gasteiger charge is 2.47. The largest absolute Gasteiger partial charge is 0.355 e. The van der Waals surface area contributed by atoms with Crippen molar-refractivity contribution in [3.63, 3.8) is 0 Å². The fourth-order valence-electron chi connectivity index (χ4n) is 6.26. The molecule has 0 saturated carbocycles. The first-order valence-electron chi connectivity index (χ1n) is 12.7. The lowest BCUT2D eigenvalue weighted by molar-refractivity contribution is 0.187. The third kappa shape index (κ3) is 3.35. The number of nitrogens with two attached hydrogens (primary N) is 1. The van der Waals surface area contributed by atoms with Crippen LogP contribution in [-0.2, 0) is 6.42 Å². The highest BCUT2D eigenvalue weighted by molar-refractivity contribution is 6.37. The Bertz CT molecular complexity index is 1690. The van der Waals surface area contributed by atoms with Crippen LogP contribution in [0, 0.1) is 19.3 Å². The quantitative estimate of drug-likeness (QED) is 0.362. The standard InChI is InChI=1S/C28H27ClN8/c1-16-13-19-21(33-15-16)14-28(26(19)30)6-11-36(12-7-28)27-22-5-8-34-37(22)25(17(2)35-27)18-3-4-20-24(23(18)29)32-10-9-31-20/h3-5,8-10,13,15,26H,6-7,11-12,14,30H2,1-2H3/t26-/m1/s1. The van der Waals surface area contributed by atoms with Gasteiger partial charge in [-0.25, -0.2) is 9.50 Å². The summed E-state index contributed by atoms with van der Waals surface area (Å²) in [5.41, 5.74) is 15.4. The van der Waals surface area contributed by atoms with Gasteiger partial charge >= 0.3 is 0 Å². The molecule has 4 aromatic heterocycles. The predicted molar refractivity (Wildman–Crippen MR) is 145 cm³/mol. The second-order valence-corrected chi connectivity index (χ2v) is 10.8. The summed E-state index contributed by atoms with van der Waals surface area (Å²) in [6.45, 7) is 5.87. The van der Waals surface area contributed by atoms with Crippen LogP contribution < -0.4 is 10.6 Å². The Morgan fingerprint density at radius 2 is 1.84 bits per heavy atom. The topological polar surface area (TPSA) is 98.1 Å². The maximum atomic E-state index is 6.84. The summed E-state index contributed by atoms with van der Waals surface area (Å²) >= 11 is 6.84. The zero-order valence-corrected chi connectivity index (χ0v) is 21.6. The van der Waals surface area contributed by atoms with Crippen LogP contribution in [0.5, 0.6) is 0 Å². The maximum absolute atomic E-state index is 6.84. The van der Waals surface area contributed by atoms with E-state index in [1.165, 1.54) is 16.8 Å². The fraction of sp³-hybridized carbons (Fsp3) is 0.321. The number of halogens is 1. The molecule has 1 aromatic carbocycles. The Hall–Kier alpha value is -3.62. The SMILES string of the molecule is Cc1cnc2c(c1)[C@@H](N)C1(CCN(c3nc(C)c(-c4ccc5nccnc5c4Cl)n4nccc34)CC1)C2. The number of hydrogen-bond donors (Lipinski definition) is 1. The Kier molecular flexibility index (Phi) is 5.00. The number of piperidine rings is 1. The number of anilines is 1. The van der Waals surface area contributed by atoms with Crippen LogP contribution in [-0.4, -0.2) is 42.6 Å². The lowest BCUT2D eigenvalue weighted by Crippen LogP contribution is -2.44. The van der Waals surface area contributed by atoms with Gasteiger partial charge in [0.25, 0.3) is 0 Å². The fourth-order valence-corrected chi connectivity index (χ4v) is 6.56. The van der Waals surface area contributed by atoms with Crippen LogP contribution in [0.3, 0.4) is 0 Å². The van der Waals surface area contributed by atoms with Crippen LogP contribution in [0.2, 0.25) is 5.02 Å². The van der Waals surface area contributed by atoms with Gasteiger partial charge in [-0.05, 0) is 67.9 Å². The molecule has 1 aliphatic heterocycles. The Morgan fingerprint density at radius 3 is 2.68 bits per heavy atom. The van der Waals surface area contributed by atoms with Crippen LogP contribution in [0.15, 0.2) is 49.1 Å². The minimum absolute atomic E-state index is 0.0299. The van der Waals surface area contributed by atoms with Gasteiger partial charge in [-0.3, -0.25) is 15.0 Å². The van der Waals surface area contributed by atoms with Crippen molar-refractivity contribution in [1.82, 2.24) is 29.5 Å². The number of fused-ring (bicyclic) bond motifs is 3. The normalized spacial score (nSPS) is 18.7. The van der Waals surface area contributed by atoms with Crippen molar-refractivity contribution in [3.05, 3.63) is 76.6 Å². The molecule has 1 atom stereocenters. The Morgan fingerprint density at radius 1 is 1.03 bits per heavy atom. The lowest BCUT2D eigenvalue weighted by atomic mass is 9.73. The summed E-state index contributed by atoms with van der Waals surface area (Å²) in [6, 6.07) is 8.19. The third-order valence-electron chi connectivity index (χ3n) is 8.25. The maximum Gasteiger partial charge on any atom is 0.155 e. The average molecular weight is 511 g/mol. The van der Waals surface area contributed by atoms with Crippen LogP contribution in [0.4, 0.5) is 5.82 Å². The zero-order valence-electron chi connectivity index (χ0n) is 20.8. The number of benzene rings is 1. The Balaban J connectivity index is 1.24. The van der Waals surface area contributed by atoms with E-state index in [0.717, 1.165) is 66.2 Å². The second kappa shape index (κ2) is 8.19. The lowest BCUT2D eigenvalue weighted by Gasteiger charge is -2.42. The van der Waals surface area contributed by atoms with Gasteiger partial charge in [0.2, 0.25) is 0 Å². The van der Waals surface area contributed by atoms with Gasteiger partial charge in [0.1, 0.15) is 11.0 Å². The van der Waals surface area contributed by atoms with Crippen molar-refractivity contribution >= 4 is 34.0 Å². The van der Waals surface area contributed by atoms with Crippen molar-refractivity contribution in [2.45, 2.75) is 39.2 Å². The van der Waals surface area contributed by atoms with E-state index in [4.69, 9.17) is 27.3 Å². The molecule has 1 saturated heterocycles. The van der Waals surface area contributed by atoms with Crippen LogP contribution in [0.1, 0.15) is 41.4 Å². The monoisotopic (exact) mass is 510 g/mol. The number of aryl methyl sites for hydroxylation is 2. The molecule has 2 aliphatic rings. The molecule has 37 heavy (non-hydrogen) atoms. The predicted octanol–water partition coefficient (Wildman–Crippen LogP) is 4.85. The second-order valence-electron chi connectivity index (χ2n) is 10.4. The molecular weight excluding hydrogens is 484 g/mol. The number of hydrogen-bond acceptors (Lipinski definition) is 7. The summed E-state index contributed by atoms with van der Waals surface area (Å²) in [4.78, 5) is 21.0. The van der Waals surface area contributed by atoms with E-state index >= 15 is 0 Å². The van der Waals surface area contributed by atoms with Gasteiger partial charge in [-0.1, -0.05) is 17.7 Å². The first kappa shape index (κ1) is 22.6. The van der Waals surface area contributed by atoms with E-state index in [-0.39, 0.29) is 11.5 Å². The van der Waals surface area contributed by atoms with Gasteiger partial charge in [-0.2, -0.15) is 5.10 Å². The molecule has 1 fully saturated rings. The van der Waals surface area contributed by atoms with Gasteiger partial charge in [-0.15, -0.1) is 0 Å². The minimum Gasteiger partial charge on any atom is -0.355 e. The number of aromatic nitrogens is 6. The molecule has 0 amide bonds. The molecule has 9 heteroatoms. The summed E-state index contributed by atoms with van der Waals surface area (Å²) < 4.78 is 1.95. The van der Waals surface area contributed by atoms with Crippen LogP contribution >= 0.6 is 11.6 Å². The molecule has 0 radical (unpaired) electrons. The molecular formula is C28H27ClN8. The summed E-state index contributed by atoms with van der Waals surface area (Å²) in [5, 5.41) is 5.23. The Labute approximate surface area is 219 Å². The van der Waals surface area contributed by atoms with Crippen molar-refractivity contribution in [2.75, 3.05) is 18.0 Å². The van der Waals surface area contributed by atoms with Crippen molar-refractivity contribution < 1.29 is 0 Å². The highest BCUT2D eigenvalue weighted by Crippen LogP contribution is 2.51. The van der Waals surface area contributed by atoms with Crippen molar-refractivity contribution in [3.8, 4) is 11.3 Å². The summed E-state index contributed by atoms with van der Waals surface area (Å²) in [5.74, 6) is 0.948. The minimum atomic E-state index is 0.0299. The zero-order chi connectivity index (χ0) is 25.3. The molecule has 1 spiro atoms. The first-order chi connectivity index (χ1) is 17.9. The van der Waals surface area contributed by atoms with Gasteiger partial charge in [0.05, 0.1) is 28.1 Å². The summed E-state index contributed by atoms with van der Waals surface area (Å²) in [6.07, 6.45) is 10.1. The molecule has 0 bridgehead atoms. The summed E-state index contributed by atoms with van der Waals surface area (Å²) in [7, 11) is 0. The first-order valence-corrected chi connectivity index (χ1v) is 13.0. The molecule has 186 valence electrons. The number of pyridine rings is 1. The van der Waals surface area contributed by atoms with E-state index in [1.54, 1.807) is 12.4 Å². The van der Waals surface area contributed by atoms with Crippen molar-refractivity contribution in [2.24, 2.45) is 11.1 Å². The van der Waals surface area contributed by atoms with Crippen molar-refractivity contribution in [1.29, 1.82) is 0 Å². The molecule has 5 heterocycles. The van der Waals surface area contributed by atoms with Gasteiger partial charge in [0.15, 0.2) is 5.82 Å².